The van der Waals surface area contributed by atoms with Gasteiger partial charge in [0.1, 0.15) is 0 Å². The third kappa shape index (κ3) is 2.86. The van der Waals surface area contributed by atoms with Crippen molar-refractivity contribution in [2.45, 2.75) is 19.9 Å². The van der Waals surface area contributed by atoms with Crippen LogP contribution in [0.2, 0.25) is 0 Å². The molecule has 4 amide bonds. The lowest BCUT2D eigenvalue weighted by molar-refractivity contribution is -0.139. The fourth-order valence-corrected chi connectivity index (χ4v) is 2.94. The van der Waals surface area contributed by atoms with Gasteiger partial charge in [-0.1, -0.05) is 12.1 Å². The highest BCUT2D eigenvalue weighted by Gasteiger charge is 2.38. The predicted octanol–water partition coefficient (Wildman–Crippen LogP) is 0.801. The zero-order valence-electron chi connectivity index (χ0n) is 13.8. The molecule has 1 aromatic rings. The maximum absolute atomic E-state index is 12.5. The monoisotopic (exact) mass is 343 g/mol. The largest absolute Gasteiger partial charge is 0.463 e. The molecule has 3 rings (SSSR count). The summed E-state index contributed by atoms with van der Waals surface area (Å²) in [6.45, 7) is 3.26. The van der Waals surface area contributed by atoms with Gasteiger partial charge >= 0.3 is 12.0 Å². The Labute approximate surface area is 143 Å². The number of fused-ring (bicyclic) bond motifs is 1. The van der Waals surface area contributed by atoms with Crippen molar-refractivity contribution in [1.82, 2.24) is 15.5 Å². The van der Waals surface area contributed by atoms with Gasteiger partial charge in [0.25, 0.3) is 11.8 Å². The summed E-state index contributed by atoms with van der Waals surface area (Å²) >= 11 is 0. The van der Waals surface area contributed by atoms with E-state index in [4.69, 9.17) is 4.74 Å². The first-order chi connectivity index (χ1) is 11.9. The minimum atomic E-state index is -0.603. The molecule has 2 N–H and O–H groups in total. The number of carbonyl (C=O) groups excluding carboxylic acids is 4. The molecule has 1 atom stereocenters. The highest BCUT2D eigenvalue weighted by molar-refractivity contribution is 6.21. The van der Waals surface area contributed by atoms with Crippen LogP contribution in [0.25, 0.3) is 0 Å². The summed E-state index contributed by atoms with van der Waals surface area (Å²) in [6, 6.07) is 5.38. The lowest BCUT2D eigenvalue weighted by atomic mass is 10.0. The fraction of sp³-hybridized carbons (Fsp3) is 0.294. The van der Waals surface area contributed by atoms with Gasteiger partial charge in [-0.3, -0.25) is 14.5 Å². The normalized spacial score (nSPS) is 19.5. The highest BCUT2D eigenvalue weighted by Crippen LogP contribution is 2.24. The van der Waals surface area contributed by atoms with E-state index in [9.17, 15) is 19.2 Å². The second-order valence-electron chi connectivity index (χ2n) is 5.67. The number of nitrogens with one attached hydrogen (secondary N) is 2. The minimum Gasteiger partial charge on any atom is -0.463 e. The van der Waals surface area contributed by atoms with Crippen LogP contribution < -0.4 is 10.6 Å². The number of hydrogen-bond acceptors (Lipinski definition) is 5. The van der Waals surface area contributed by atoms with E-state index in [0.717, 1.165) is 4.90 Å². The van der Waals surface area contributed by atoms with Crippen LogP contribution >= 0.6 is 0 Å². The number of nitrogens with zero attached hydrogens (tertiary/aromatic N) is 1. The van der Waals surface area contributed by atoms with E-state index in [1.807, 2.05) is 0 Å². The second-order valence-corrected chi connectivity index (χ2v) is 5.67. The van der Waals surface area contributed by atoms with Crippen molar-refractivity contribution in [2.75, 3.05) is 13.2 Å². The Hall–Kier alpha value is -3.16. The first kappa shape index (κ1) is 16.7. The van der Waals surface area contributed by atoms with E-state index >= 15 is 0 Å². The first-order valence-corrected chi connectivity index (χ1v) is 7.87. The Morgan fingerprint density at radius 1 is 1.16 bits per heavy atom. The zero-order valence-corrected chi connectivity index (χ0v) is 13.8. The Morgan fingerprint density at radius 3 is 2.32 bits per heavy atom. The fourth-order valence-electron chi connectivity index (χ4n) is 2.94. The number of ether oxygens (including phenoxy) is 1. The van der Waals surface area contributed by atoms with Gasteiger partial charge in [-0.05, 0) is 26.0 Å². The number of benzene rings is 1. The second kappa shape index (κ2) is 6.39. The van der Waals surface area contributed by atoms with Gasteiger partial charge in [-0.2, -0.15) is 0 Å². The lowest BCUT2D eigenvalue weighted by Crippen LogP contribution is -2.51. The molecule has 0 unspecified atom stereocenters. The minimum absolute atomic E-state index is 0.170. The zero-order chi connectivity index (χ0) is 18.1. The molecule has 0 aliphatic carbocycles. The van der Waals surface area contributed by atoms with Crippen molar-refractivity contribution < 1.29 is 23.9 Å². The SMILES string of the molecule is CCOC(=O)C1=C(CN2C(=O)c3ccccc3C2=O)NC(=O)N[C@@H]1C. The van der Waals surface area contributed by atoms with Gasteiger partial charge in [0, 0.05) is 0 Å². The highest BCUT2D eigenvalue weighted by atomic mass is 16.5. The van der Waals surface area contributed by atoms with Crippen LogP contribution in [-0.2, 0) is 9.53 Å². The van der Waals surface area contributed by atoms with Crippen LogP contribution in [0.4, 0.5) is 4.79 Å². The molecule has 8 heteroatoms. The molecule has 0 spiro atoms. The van der Waals surface area contributed by atoms with E-state index in [2.05, 4.69) is 10.6 Å². The van der Waals surface area contributed by atoms with E-state index in [-0.39, 0.29) is 24.4 Å². The summed E-state index contributed by atoms with van der Waals surface area (Å²) in [4.78, 5) is 50.0. The predicted molar refractivity (Wildman–Crippen MR) is 86.6 cm³/mol. The average Bonchev–Trinajstić information content (AvgIpc) is 2.80. The average molecular weight is 343 g/mol. The smallest absolute Gasteiger partial charge is 0.337 e. The molecular weight excluding hydrogens is 326 g/mol. The summed E-state index contributed by atoms with van der Waals surface area (Å²) in [5.74, 6) is -1.53. The van der Waals surface area contributed by atoms with Gasteiger partial charge in [0.2, 0.25) is 0 Å². The topological polar surface area (TPSA) is 105 Å². The van der Waals surface area contributed by atoms with Crippen molar-refractivity contribution in [1.29, 1.82) is 0 Å². The molecule has 0 radical (unpaired) electrons. The summed E-state index contributed by atoms with van der Waals surface area (Å²) in [5.41, 5.74) is 0.986. The van der Waals surface area contributed by atoms with Gasteiger partial charge < -0.3 is 15.4 Å². The molecule has 0 bridgehead atoms. The van der Waals surface area contributed by atoms with Crippen LogP contribution in [-0.4, -0.2) is 47.9 Å². The van der Waals surface area contributed by atoms with Crippen LogP contribution in [0, 0.1) is 0 Å². The molecule has 2 aliphatic rings. The number of rotatable bonds is 4. The third-order valence-electron chi connectivity index (χ3n) is 4.06. The Kier molecular flexibility index (Phi) is 4.26. The lowest BCUT2D eigenvalue weighted by Gasteiger charge is -2.28. The van der Waals surface area contributed by atoms with Crippen molar-refractivity contribution >= 4 is 23.8 Å². The number of carbonyl (C=O) groups is 4. The quantitative estimate of drug-likeness (QED) is 0.621. The van der Waals surface area contributed by atoms with Gasteiger partial charge in [-0.25, -0.2) is 9.59 Å². The maximum atomic E-state index is 12.5. The van der Waals surface area contributed by atoms with Crippen LogP contribution in [0.15, 0.2) is 35.5 Å². The van der Waals surface area contributed by atoms with Gasteiger partial charge in [-0.15, -0.1) is 0 Å². The summed E-state index contributed by atoms with van der Waals surface area (Å²) in [7, 11) is 0. The van der Waals surface area contributed by atoms with Gasteiger partial charge in [0.05, 0.1) is 41.6 Å². The summed E-state index contributed by atoms with van der Waals surface area (Å²) < 4.78 is 5.02. The standard InChI is InChI=1S/C17H17N3O5/c1-3-25-16(23)13-9(2)18-17(24)19-12(13)8-20-14(21)10-6-4-5-7-11(10)15(20)22/h4-7,9H,3,8H2,1-2H3,(H2,18,19,24)/t9-/m1/s1. The maximum Gasteiger partial charge on any atom is 0.337 e. The molecule has 2 aliphatic heterocycles. The van der Waals surface area contributed by atoms with Crippen LogP contribution in [0.3, 0.4) is 0 Å². The molecule has 1 aromatic carbocycles. The number of esters is 1. The van der Waals surface area contributed by atoms with Gasteiger partial charge in [0.15, 0.2) is 0 Å². The molecule has 0 aromatic heterocycles. The number of hydrogen-bond donors (Lipinski definition) is 2. The molecule has 130 valence electrons. The van der Waals surface area contributed by atoms with Crippen molar-refractivity contribution in [2.24, 2.45) is 0 Å². The van der Waals surface area contributed by atoms with E-state index in [0.29, 0.717) is 11.1 Å². The molecule has 8 nitrogen and oxygen atoms in total. The molecular formula is C17H17N3O5. The molecule has 0 saturated carbocycles. The third-order valence-corrected chi connectivity index (χ3v) is 4.06. The number of urea groups is 1. The Morgan fingerprint density at radius 2 is 1.76 bits per heavy atom. The first-order valence-electron chi connectivity index (χ1n) is 7.87. The van der Waals surface area contributed by atoms with Crippen LogP contribution in [0.1, 0.15) is 34.6 Å². The van der Waals surface area contributed by atoms with Crippen molar-refractivity contribution in [3.63, 3.8) is 0 Å². The number of imide groups is 1. The van der Waals surface area contributed by atoms with Crippen molar-refractivity contribution in [3.8, 4) is 0 Å². The van der Waals surface area contributed by atoms with E-state index in [1.54, 1.807) is 38.1 Å². The summed E-state index contributed by atoms with van der Waals surface area (Å²) in [6.07, 6.45) is 0. The Balaban J connectivity index is 1.95. The molecule has 0 saturated heterocycles. The number of amides is 4. The molecule has 25 heavy (non-hydrogen) atoms. The Bertz CT molecular complexity index is 779. The van der Waals surface area contributed by atoms with Crippen LogP contribution in [0.5, 0.6) is 0 Å². The molecule has 0 fully saturated rings. The van der Waals surface area contributed by atoms with E-state index < -0.39 is 29.9 Å². The summed E-state index contributed by atoms with van der Waals surface area (Å²) in [5, 5.41) is 5.08. The van der Waals surface area contributed by atoms with E-state index in [1.165, 1.54) is 0 Å². The molecule has 2 heterocycles. The van der Waals surface area contributed by atoms with Crippen molar-refractivity contribution in [3.05, 3.63) is 46.7 Å².